The average Bonchev–Trinajstić information content (AvgIpc) is 2.25. The minimum atomic E-state index is -1.36. The number of hydrogen-bond acceptors (Lipinski definition) is 2. The van der Waals surface area contributed by atoms with Crippen LogP contribution in [0, 0.1) is 11.5 Å². The first-order valence-corrected chi connectivity index (χ1v) is 9.07. The Morgan fingerprint density at radius 2 is 1.88 bits per heavy atom. The molecule has 0 aliphatic heterocycles. The van der Waals surface area contributed by atoms with E-state index in [4.69, 9.17) is 0 Å². The van der Waals surface area contributed by atoms with Gasteiger partial charge in [0.2, 0.25) is 0 Å². The van der Waals surface area contributed by atoms with Crippen molar-refractivity contribution in [3.8, 4) is 17.2 Å². The highest BCUT2D eigenvalue weighted by molar-refractivity contribution is 6.83. The Morgan fingerprint density at radius 3 is 2.59 bits per heavy atom. The van der Waals surface area contributed by atoms with Gasteiger partial charge < -0.3 is 5.11 Å². The van der Waals surface area contributed by atoms with Crippen molar-refractivity contribution in [3.63, 3.8) is 0 Å². The number of rotatable bonds is 0. The number of phenols is 1. The maximum absolute atomic E-state index is 9.36. The molecule has 1 N–H and O–H groups in total. The fourth-order valence-corrected chi connectivity index (χ4v) is 1.94. The summed E-state index contributed by atoms with van der Waals surface area (Å²) in [6.45, 7) is 6.62. The molecule has 2 aromatic rings. The summed E-state index contributed by atoms with van der Waals surface area (Å²) < 4.78 is 0. The SMILES string of the molecule is C[Si](C)(C)C#Cc1ccc2cc(O)ccc2n1. The van der Waals surface area contributed by atoms with Gasteiger partial charge in [-0.05, 0) is 30.3 Å². The molecule has 0 spiro atoms. The van der Waals surface area contributed by atoms with Crippen molar-refractivity contribution in [1.82, 2.24) is 4.98 Å². The third-order valence-electron chi connectivity index (χ3n) is 2.24. The number of pyridine rings is 1. The van der Waals surface area contributed by atoms with Gasteiger partial charge in [0.1, 0.15) is 19.5 Å². The predicted molar refractivity (Wildman–Crippen MR) is 73.6 cm³/mol. The molecule has 0 radical (unpaired) electrons. The van der Waals surface area contributed by atoms with Crippen LogP contribution in [0.2, 0.25) is 19.6 Å². The number of aromatic nitrogens is 1. The van der Waals surface area contributed by atoms with E-state index in [1.54, 1.807) is 12.1 Å². The Hall–Kier alpha value is -1.79. The van der Waals surface area contributed by atoms with Crippen molar-refractivity contribution in [2.75, 3.05) is 0 Å². The van der Waals surface area contributed by atoms with Crippen LogP contribution < -0.4 is 0 Å². The topological polar surface area (TPSA) is 33.1 Å². The summed E-state index contributed by atoms with van der Waals surface area (Å²) in [6, 6.07) is 9.00. The highest BCUT2D eigenvalue weighted by Crippen LogP contribution is 2.18. The van der Waals surface area contributed by atoms with Crippen molar-refractivity contribution in [2.45, 2.75) is 19.6 Å². The van der Waals surface area contributed by atoms with Gasteiger partial charge in [-0.25, -0.2) is 4.98 Å². The van der Waals surface area contributed by atoms with E-state index in [2.05, 4.69) is 36.1 Å². The molecule has 2 rings (SSSR count). The van der Waals surface area contributed by atoms with E-state index < -0.39 is 8.07 Å². The predicted octanol–water partition coefficient (Wildman–Crippen LogP) is 3.17. The fraction of sp³-hybridized carbons (Fsp3) is 0.214. The summed E-state index contributed by atoms with van der Waals surface area (Å²) in [7, 11) is -1.36. The first kappa shape index (κ1) is 11.7. The lowest BCUT2D eigenvalue weighted by Gasteiger charge is -2.03. The van der Waals surface area contributed by atoms with Crippen molar-refractivity contribution in [3.05, 3.63) is 36.0 Å². The summed E-state index contributed by atoms with van der Waals surface area (Å²) in [5.74, 6) is 3.39. The molecule has 1 aromatic heterocycles. The van der Waals surface area contributed by atoms with E-state index in [9.17, 15) is 5.11 Å². The maximum atomic E-state index is 9.36. The first-order chi connectivity index (χ1) is 7.94. The molecule has 0 amide bonds. The molecule has 0 saturated carbocycles. The molecule has 1 heterocycles. The van der Waals surface area contributed by atoms with E-state index in [-0.39, 0.29) is 5.75 Å². The van der Waals surface area contributed by atoms with E-state index in [1.165, 1.54) is 0 Å². The largest absolute Gasteiger partial charge is 0.508 e. The van der Waals surface area contributed by atoms with Crippen molar-refractivity contribution >= 4 is 19.0 Å². The van der Waals surface area contributed by atoms with Crippen molar-refractivity contribution in [2.24, 2.45) is 0 Å². The lowest BCUT2D eigenvalue weighted by molar-refractivity contribution is 0.476. The molecular weight excluding hydrogens is 226 g/mol. The maximum Gasteiger partial charge on any atom is 0.129 e. The molecule has 17 heavy (non-hydrogen) atoms. The van der Waals surface area contributed by atoms with Gasteiger partial charge in [-0.15, -0.1) is 5.54 Å². The van der Waals surface area contributed by atoms with Crippen LogP contribution in [0.1, 0.15) is 5.69 Å². The van der Waals surface area contributed by atoms with Gasteiger partial charge in [0, 0.05) is 5.39 Å². The normalized spacial score (nSPS) is 11.0. The average molecular weight is 241 g/mol. The zero-order valence-corrected chi connectivity index (χ0v) is 11.3. The molecule has 0 atom stereocenters. The quantitative estimate of drug-likeness (QED) is 0.567. The number of fused-ring (bicyclic) bond motifs is 1. The molecule has 0 saturated heterocycles. The summed E-state index contributed by atoms with van der Waals surface area (Å²) in [4.78, 5) is 4.46. The highest BCUT2D eigenvalue weighted by atomic mass is 28.3. The Balaban J connectivity index is 2.44. The monoisotopic (exact) mass is 241 g/mol. The summed E-state index contributed by atoms with van der Waals surface area (Å²) in [5, 5.41) is 10.3. The number of phenolic OH excluding ortho intramolecular Hbond substituents is 1. The molecular formula is C14H15NOSi. The van der Waals surface area contributed by atoms with Crippen LogP contribution in [0.15, 0.2) is 30.3 Å². The van der Waals surface area contributed by atoms with E-state index in [0.29, 0.717) is 0 Å². The van der Waals surface area contributed by atoms with Crippen LogP contribution in [0.5, 0.6) is 5.75 Å². The Bertz CT molecular complexity index is 617. The summed E-state index contributed by atoms with van der Waals surface area (Å²) in [5.41, 5.74) is 4.95. The second kappa shape index (κ2) is 4.23. The summed E-state index contributed by atoms with van der Waals surface area (Å²) >= 11 is 0. The van der Waals surface area contributed by atoms with Crippen LogP contribution in [-0.4, -0.2) is 18.2 Å². The summed E-state index contributed by atoms with van der Waals surface area (Å²) in [6.07, 6.45) is 0. The van der Waals surface area contributed by atoms with Crippen molar-refractivity contribution < 1.29 is 5.11 Å². The lowest BCUT2D eigenvalue weighted by Crippen LogP contribution is -2.16. The Morgan fingerprint density at radius 1 is 1.12 bits per heavy atom. The molecule has 3 heteroatoms. The molecule has 2 nitrogen and oxygen atoms in total. The van der Waals surface area contributed by atoms with Crippen LogP contribution in [0.25, 0.3) is 10.9 Å². The second-order valence-corrected chi connectivity index (χ2v) is 9.82. The third kappa shape index (κ3) is 3.08. The number of hydrogen-bond donors (Lipinski definition) is 1. The van der Waals surface area contributed by atoms with Gasteiger partial charge in [0.15, 0.2) is 0 Å². The Labute approximate surface area is 102 Å². The van der Waals surface area contributed by atoms with Gasteiger partial charge in [-0.1, -0.05) is 25.6 Å². The van der Waals surface area contributed by atoms with Crippen LogP contribution >= 0.6 is 0 Å². The van der Waals surface area contributed by atoms with Crippen LogP contribution in [0.3, 0.4) is 0 Å². The van der Waals surface area contributed by atoms with E-state index in [1.807, 2.05) is 18.2 Å². The second-order valence-electron chi connectivity index (χ2n) is 5.07. The first-order valence-electron chi connectivity index (χ1n) is 5.57. The van der Waals surface area contributed by atoms with Gasteiger partial charge in [0.25, 0.3) is 0 Å². The third-order valence-corrected chi connectivity index (χ3v) is 3.11. The van der Waals surface area contributed by atoms with E-state index >= 15 is 0 Å². The number of benzene rings is 1. The Kier molecular flexibility index (Phi) is 2.91. The zero-order valence-electron chi connectivity index (χ0n) is 10.3. The molecule has 0 aliphatic rings. The minimum absolute atomic E-state index is 0.264. The molecule has 86 valence electrons. The molecule has 0 fully saturated rings. The van der Waals surface area contributed by atoms with Crippen LogP contribution in [-0.2, 0) is 0 Å². The van der Waals surface area contributed by atoms with Gasteiger partial charge in [0.05, 0.1) is 5.52 Å². The molecule has 0 unspecified atom stereocenters. The number of nitrogens with zero attached hydrogens (tertiary/aromatic N) is 1. The van der Waals surface area contributed by atoms with Gasteiger partial charge >= 0.3 is 0 Å². The van der Waals surface area contributed by atoms with Gasteiger partial charge in [-0.3, -0.25) is 0 Å². The highest BCUT2D eigenvalue weighted by Gasteiger charge is 2.07. The van der Waals surface area contributed by atoms with E-state index in [0.717, 1.165) is 16.6 Å². The molecule has 1 aromatic carbocycles. The molecule has 0 aliphatic carbocycles. The number of aromatic hydroxyl groups is 1. The standard InChI is InChI=1S/C14H15NOSi/c1-17(2,3)9-8-12-5-4-11-10-13(16)6-7-14(11)15-12/h4-7,10,16H,1-3H3. The van der Waals surface area contributed by atoms with Crippen LogP contribution in [0.4, 0.5) is 0 Å². The minimum Gasteiger partial charge on any atom is -0.508 e. The van der Waals surface area contributed by atoms with Crippen molar-refractivity contribution in [1.29, 1.82) is 0 Å². The zero-order chi connectivity index (χ0) is 12.5. The smallest absolute Gasteiger partial charge is 0.129 e. The molecule has 0 bridgehead atoms. The lowest BCUT2D eigenvalue weighted by atomic mass is 10.2. The fourth-order valence-electron chi connectivity index (χ4n) is 1.43. The van der Waals surface area contributed by atoms with Gasteiger partial charge in [-0.2, -0.15) is 0 Å².